The van der Waals surface area contributed by atoms with Gasteiger partial charge in [0.15, 0.2) is 0 Å². The van der Waals surface area contributed by atoms with E-state index in [1.807, 2.05) is 11.3 Å². The van der Waals surface area contributed by atoms with Gasteiger partial charge in [-0.3, -0.25) is 0 Å². The minimum absolute atomic E-state index is 0.680. The summed E-state index contributed by atoms with van der Waals surface area (Å²) in [6.45, 7) is 3.40. The summed E-state index contributed by atoms with van der Waals surface area (Å²) in [7, 11) is 0. The van der Waals surface area contributed by atoms with Crippen molar-refractivity contribution in [1.29, 1.82) is 0 Å². The fourth-order valence-corrected chi connectivity index (χ4v) is 3.03. The van der Waals surface area contributed by atoms with Crippen LogP contribution in [0.25, 0.3) is 0 Å². The van der Waals surface area contributed by atoms with Crippen LogP contribution in [0.3, 0.4) is 0 Å². The van der Waals surface area contributed by atoms with Gasteiger partial charge in [-0.05, 0) is 25.8 Å². The summed E-state index contributed by atoms with van der Waals surface area (Å²) in [5.41, 5.74) is 1.29. The fourth-order valence-electron chi connectivity index (χ4n) is 2.12. The lowest BCUT2D eigenvalue weighted by molar-refractivity contribution is 0.399. The Labute approximate surface area is 96.1 Å². The van der Waals surface area contributed by atoms with Gasteiger partial charge in [0.2, 0.25) is 0 Å². The topological polar surface area (TPSA) is 24.9 Å². The van der Waals surface area contributed by atoms with Crippen molar-refractivity contribution in [2.45, 2.75) is 51.5 Å². The van der Waals surface area contributed by atoms with Gasteiger partial charge in [0.25, 0.3) is 0 Å². The molecule has 1 atom stereocenters. The third kappa shape index (κ3) is 3.28. The molecule has 3 heteroatoms. The van der Waals surface area contributed by atoms with Crippen LogP contribution in [-0.4, -0.2) is 17.6 Å². The third-order valence-electron chi connectivity index (χ3n) is 2.94. The average Bonchev–Trinajstić information content (AvgIpc) is 2.68. The summed E-state index contributed by atoms with van der Waals surface area (Å²) in [6.07, 6.45) is 7.51. The van der Waals surface area contributed by atoms with Gasteiger partial charge in [0, 0.05) is 17.8 Å². The monoisotopic (exact) mass is 224 g/mol. The molecule has 1 saturated heterocycles. The highest BCUT2D eigenvalue weighted by atomic mass is 32.1. The van der Waals surface area contributed by atoms with Crippen molar-refractivity contribution in [2.75, 3.05) is 6.54 Å². The van der Waals surface area contributed by atoms with Gasteiger partial charge in [0.05, 0.1) is 10.7 Å². The molecule has 1 aliphatic rings. The molecule has 84 valence electrons. The Bertz CT molecular complexity index is 290. The zero-order chi connectivity index (χ0) is 10.5. The molecule has 2 nitrogen and oxygen atoms in total. The van der Waals surface area contributed by atoms with Gasteiger partial charge in [-0.15, -0.1) is 11.3 Å². The minimum Gasteiger partial charge on any atom is -0.314 e. The van der Waals surface area contributed by atoms with E-state index in [-0.39, 0.29) is 0 Å². The van der Waals surface area contributed by atoms with Gasteiger partial charge >= 0.3 is 0 Å². The van der Waals surface area contributed by atoms with Crippen LogP contribution < -0.4 is 5.32 Å². The first-order valence-electron chi connectivity index (χ1n) is 6.05. The summed E-state index contributed by atoms with van der Waals surface area (Å²) in [6, 6.07) is 0.680. The van der Waals surface area contributed by atoms with Crippen LogP contribution in [0.15, 0.2) is 5.38 Å². The van der Waals surface area contributed by atoms with E-state index < -0.39 is 0 Å². The van der Waals surface area contributed by atoms with Crippen LogP contribution in [0.5, 0.6) is 0 Å². The first kappa shape index (κ1) is 11.1. The highest BCUT2D eigenvalue weighted by Crippen LogP contribution is 2.17. The molecule has 1 aromatic heterocycles. The molecule has 0 aliphatic carbocycles. The Hall–Kier alpha value is -0.410. The van der Waals surface area contributed by atoms with Crippen LogP contribution in [-0.2, 0) is 12.8 Å². The molecule has 0 spiro atoms. The van der Waals surface area contributed by atoms with Crippen molar-refractivity contribution in [3.05, 3.63) is 16.1 Å². The number of nitrogens with zero attached hydrogens (tertiary/aromatic N) is 1. The lowest BCUT2D eigenvalue weighted by Crippen LogP contribution is -2.35. The van der Waals surface area contributed by atoms with Crippen LogP contribution in [0, 0.1) is 0 Å². The van der Waals surface area contributed by atoms with E-state index in [9.17, 15) is 0 Å². The van der Waals surface area contributed by atoms with E-state index in [0.29, 0.717) is 6.04 Å². The van der Waals surface area contributed by atoms with Crippen molar-refractivity contribution in [3.63, 3.8) is 0 Å². The SMILES string of the molecule is CCCc1csc(CC2CCCCN2)n1. The van der Waals surface area contributed by atoms with Gasteiger partial charge in [-0.1, -0.05) is 19.8 Å². The second kappa shape index (κ2) is 5.61. The molecule has 1 fully saturated rings. The van der Waals surface area contributed by atoms with Gasteiger partial charge < -0.3 is 5.32 Å². The number of hydrogen-bond donors (Lipinski definition) is 1. The standard InChI is InChI=1S/C12H20N2S/c1-2-5-11-9-15-12(14-11)8-10-6-3-4-7-13-10/h9-10,13H,2-8H2,1H3. The van der Waals surface area contributed by atoms with Crippen molar-refractivity contribution >= 4 is 11.3 Å². The van der Waals surface area contributed by atoms with E-state index in [0.717, 1.165) is 12.8 Å². The van der Waals surface area contributed by atoms with Crippen LogP contribution >= 0.6 is 11.3 Å². The number of aryl methyl sites for hydroxylation is 1. The zero-order valence-electron chi connectivity index (χ0n) is 9.46. The molecule has 0 saturated carbocycles. The molecule has 0 radical (unpaired) electrons. The van der Waals surface area contributed by atoms with Crippen molar-refractivity contribution in [1.82, 2.24) is 10.3 Å². The highest BCUT2D eigenvalue weighted by molar-refractivity contribution is 7.09. The maximum atomic E-state index is 4.67. The lowest BCUT2D eigenvalue weighted by atomic mass is 10.0. The van der Waals surface area contributed by atoms with Crippen LogP contribution in [0.2, 0.25) is 0 Å². The van der Waals surface area contributed by atoms with Crippen LogP contribution in [0.4, 0.5) is 0 Å². The van der Waals surface area contributed by atoms with Crippen LogP contribution in [0.1, 0.15) is 43.3 Å². The number of piperidine rings is 1. The largest absolute Gasteiger partial charge is 0.314 e. The molecule has 0 bridgehead atoms. The Balaban J connectivity index is 1.86. The molecule has 2 heterocycles. The van der Waals surface area contributed by atoms with Crippen molar-refractivity contribution in [2.24, 2.45) is 0 Å². The maximum absolute atomic E-state index is 4.67. The van der Waals surface area contributed by atoms with Gasteiger partial charge in [0.1, 0.15) is 0 Å². The number of hydrogen-bond acceptors (Lipinski definition) is 3. The van der Waals surface area contributed by atoms with E-state index >= 15 is 0 Å². The zero-order valence-corrected chi connectivity index (χ0v) is 10.3. The molecular weight excluding hydrogens is 204 g/mol. The number of thiazole rings is 1. The molecule has 1 N–H and O–H groups in total. The quantitative estimate of drug-likeness (QED) is 0.850. The average molecular weight is 224 g/mol. The van der Waals surface area contributed by atoms with E-state index in [2.05, 4.69) is 22.6 Å². The van der Waals surface area contributed by atoms with E-state index in [1.165, 1.54) is 42.9 Å². The van der Waals surface area contributed by atoms with E-state index in [1.54, 1.807) is 0 Å². The van der Waals surface area contributed by atoms with E-state index in [4.69, 9.17) is 0 Å². The maximum Gasteiger partial charge on any atom is 0.0943 e. The molecule has 1 aromatic rings. The smallest absolute Gasteiger partial charge is 0.0943 e. The molecular formula is C12H20N2S. The summed E-state index contributed by atoms with van der Waals surface area (Å²) < 4.78 is 0. The van der Waals surface area contributed by atoms with Gasteiger partial charge in [-0.2, -0.15) is 0 Å². The number of rotatable bonds is 4. The summed E-state index contributed by atoms with van der Waals surface area (Å²) >= 11 is 1.83. The lowest BCUT2D eigenvalue weighted by Gasteiger charge is -2.22. The van der Waals surface area contributed by atoms with Crippen molar-refractivity contribution in [3.8, 4) is 0 Å². The molecule has 1 unspecified atom stereocenters. The predicted molar refractivity (Wildman–Crippen MR) is 65.5 cm³/mol. The highest BCUT2D eigenvalue weighted by Gasteiger charge is 2.14. The fraction of sp³-hybridized carbons (Fsp3) is 0.750. The predicted octanol–water partition coefficient (Wildman–Crippen LogP) is 2.78. The summed E-state index contributed by atoms with van der Waals surface area (Å²) in [4.78, 5) is 4.67. The first-order valence-corrected chi connectivity index (χ1v) is 6.93. The Morgan fingerprint density at radius 1 is 1.53 bits per heavy atom. The minimum atomic E-state index is 0.680. The Morgan fingerprint density at radius 2 is 2.47 bits per heavy atom. The number of aromatic nitrogens is 1. The number of nitrogens with one attached hydrogen (secondary N) is 1. The summed E-state index contributed by atoms with van der Waals surface area (Å²) in [5, 5.41) is 7.12. The Kier molecular flexibility index (Phi) is 4.15. The normalized spacial score (nSPS) is 21.8. The molecule has 0 amide bonds. The second-order valence-electron chi connectivity index (χ2n) is 4.33. The Morgan fingerprint density at radius 3 is 3.20 bits per heavy atom. The van der Waals surface area contributed by atoms with Gasteiger partial charge in [-0.25, -0.2) is 4.98 Å². The molecule has 2 rings (SSSR count). The second-order valence-corrected chi connectivity index (χ2v) is 5.28. The molecule has 15 heavy (non-hydrogen) atoms. The van der Waals surface area contributed by atoms with Crippen molar-refractivity contribution < 1.29 is 0 Å². The summed E-state index contributed by atoms with van der Waals surface area (Å²) in [5.74, 6) is 0. The molecule has 0 aromatic carbocycles. The first-order chi connectivity index (χ1) is 7.38. The third-order valence-corrected chi connectivity index (χ3v) is 3.86. The molecule has 1 aliphatic heterocycles.